The standard InChI is InChI=1S/C44H52O8/c1-5-7-9-11-13-15-31(3)49-41(45)33-21-25-39(26-22-33)51-43(47)37-19-17-36-30-38(20-18-35(36)29-37)44(48)52-40-27-23-34(24-28-40)42(46)50-32(4)16-14-12-10-8-6-2/h17-32H,5-16H2,1-4H3. The van der Waals surface area contributed by atoms with Crippen LogP contribution in [0.4, 0.5) is 0 Å². The van der Waals surface area contributed by atoms with Crippen LogP contribution in [0.2, 0.25) is 0 Å². The van der Waals surface area contributed by atoms with Gasteiger partial charge in [-0.25, -0.2) is 19.2 Å². The molecule has 0 saturated carbocycles. The van der Waals surface area contributed by atoms with Crippen molar-refractivity contribution in [2.75, 3.05) is 0 Å². The van der Waals surface area contributed by atoms with Gasteiger partial charge < -0.3 is 18.9 Å². The summed E-state index contributed by atoms with van der Waals surface area (Å²) in [4.78, 5) is 51.0. The molecule has 0 bridgehead atoms. The van der Waals surface area contributed by atoms with Crippen LogP contribution in [0.5, 0.6) is 11.5 Å². The molecular formula is C44H52O8. The Hall–Kier alpha value is -4.98. The molecule has 4 aromatic rings. The predicted octanol–water partition coefficient (Wildman–Crippen LogP) is 11.1. The summed E-state index contributed by atoms with van der Waals surface area (Å²) in [7, 11) is 0. The second-order valence-electron chi connectivity index (χ2n) is 13.4. The fraction of sp³-hybridized carbons (Fsp3) is 0.409. The fourth-order valence-electron chi connectivity index (χ4n) is 5.84. The first kappa shape index (κ1) is 39.8. The molecule has 276 valence electrons. The van der Waals surface area contributed by atoms with E-state index in [9.17, 15) is 19.2 Å². The lowest BCUT2D eigenvalue weighted by Gasteiger charge is -2.13. The number of hydrogen-bond acceptors (Lipinski definition) is 8. The van der Waals surface area contributed by atoms with Crippen molar-refractivity contribution in [2.45, 2.75) is 117 Å². The number of carbonyl (C=O) groups excluding carboxylic acids is 4. The zero-order valence-electron chi connectivity index (χ0n) is 31.0. The molecule has 0 aromatic heterocycles. The lowest BCUT2D eigenvalue weighted by molar-refractivity contribution is 0.0309. The monoisotopic (exact) mass is 708 g/mol. The van der Waals surface area contributed by atoms with Gasteiger partial charge >= 0.3 is 23.9 Å². The summed E-state index contributed by atoms with van der Waals surface area (Å²) in [5, 5.41) is 1.48. The van der Waals surface area contributed by atoms with Crippen LogP contribution in [-0.2, 0) is 9.47 Å². The van der Waals surface area contributed by atoms with Crippen LogP contribution in [0.15, 0.2) is 84.9 Å². The number of benzene rings is 4. The summed E-state index contributed by atoms with van der Waals surface area (Å²) in [6, 6.07) is 22.7. The van der Waals surface area contributed by atoms with E-state index in [2.05, 4.69) is 13.8 Å². The number of ether oxygens (including phenoxy) is 4. The molecule has 4 rings (SSSR count). The van der Waals surface area contributed by atoms with Crippen molar-refractivity contribution in [1.82, 2.24) is 0 Å². The van der Waals surface area contributed by atoms with Crippen LogP contribution in [0.25, 0.3) is 10.8 Å². The molecule has 8 nitrogen and oxygen atoms in total. The summed E-state index contributed by atoms with van der Waals surface area (Å²) in [6.45, 7) is 8.18. The van der Waals surface area contributed by atoms with Gasteiger partial charge in [0.25, 0.3) is 0 Å². The number of fused-ring (bicyclic) bond motifs is 1. The second kappa shape index (κ2) is 20.8. The van der Waals surface area contributed by atoms with E-state index in [0.29, 0.717) is 33.8 Å². The molecule has 0 radical (unpaired) electrons. The van der Waals surface area contributed by atoms with Crippen LogP contribution in [0.3, 0.4) is 0 Å². The Labute approximate surface area is 307 Å². The first-order chi connectivity index (χ1) is 25.2. The van der Waals surface area contributed by atoms with E-state index in [-0.39, 0.29) is 12.2 Å². The van der Waals surface area contributed by atoms with Crippen molar-refractivity contribution in [3.05, 3.63) is 107 Å². The minimum Gasteiger partial charge on any atom is -0.459 e. The Morgan fingerprint density at radius 2 is 0.788 bits per heavy atom. The first-order valence-corrected chi connectivity index (χ1v) is 18.8. The van der Waals surface area contributed by atoms with Gasteiger partial charge in [-0.2, -0.15) is 0 Å². The van der Waals surface area contributed by atoms with Crippen molar-refractivity contribution in [3.63, 3.8) is 0 Å². The molecule has 0 N–H and O–H groups in total. The van der Waals surface area contributed by atoms with E-state index in [1.807, 2.05) is 13.8 Å². The molecular weight excluding hydrogens is 656 g/mol. The third-order valence-corrected chi connectivity index (χ3v) is 8.96. The van der Waals surface area contributed by atoms with E-state index in [4.69, 9.17) is 18.9 Å². The van der Waals surface area contributed by atoms with Crippen LogP contribution < -0.4 is 9.47 Å². The van der Waals surface area contributed by atoms with Crippen LogP contribution >= 0.6 is 0 Å². The van der Waals surface area contributed by atoms with Gasteiger partial charge in [-0.3, -0.25) is 0 Å². The average molecular weight is 709 g/mol. The molecule has 2 unspecified atom stereocenters. The molecule has 0 spiro atoms. The van der Waals surface area contributed by atoms with E-state index >= 15 is 0 Å². The van der Waals surface area contributed by atoms with Crippen molar-refractivity contribution in [1.29, 1.82) is 0 Å². The third kappa shape index (κ3) is 12.7. The maximum atomic E-state index is 12.9. The van der Waals surface area contributed by atoms with Gasteiger partial charge in [-0.15, -0.1) is 0 Å². The summed E-state index contributed by atoms with van der Waals surface area (Å²) in [6.07, 6.45) is 12.9. The van der Waals surface area contributed by atoms with E-state index in [0.717, 1.165) is 49.3 Å². The van der Waals surface area contributed by atoms with Crippen molar-refractivity contribution >= 4 is 34.6 Å². The zero-order valence-corrected chi connectivity index (χ0v) is 31.0. The third-order valence-electron chi connectivity index (χ3n) is 8.96. The zero-order chi connectivity index (χ0) is 37.3. The highest BCUT2D eigenvalue weighted by atomic mass is 16.6. The molecule has 0 fully saturated rings. The maximum Gasteiger partial charge on any atom is 0.343 e. The molecule has 2 atom stereocenters. The lowest BCUT2D eigenvalue weighted by Crippen LogP contribution is -2.15. The average Bonchev–Trinajstić information content (AvgIpc) is 3.14. The first-order valence-electron chi connectivity index (χ1n) is 18.8. The SMILES string of the molecule is CCCCCCCC(C)OC(=O)c1ccc(OC(=O)c2ccc3cc(C(=O)Oc4ccc(C(=O)OC(C)CCCCCCC)cc4)ccc3c2)cc1. The van der Waals surface area contributed by atoms with E-state index in [1.165, 1.54) is 38.5 Å². The molecule has 0 aliphatic carbocycles. The Kier molecular flexibility index (Phi) is 15.9. The Morgan fingerprint density at radius 3 is 1.15 bits per heavy atom. The smallest absolute Gasteiger partial charge is 0.343 e. The van der Waals surface area contributed by atoms with Gasteiger partial charge in [-0.1, -0.05) is 77.3 Å². The van der Waals surface area contributed by atoms with Gasteiger partial charge in [-0.05, 0) is 123 Å². The summed E-state index contributed by atoms with van der Waals surface area (Å²) < 4.78 is 22.3. The lowest BCUT2D eigenvalue weighted by atomic mass is 10.0. The molecule has 0 saturated heterocycles. The van der Waals surface area contributed by atoms with Crippen molar-refractivity contribution in [2.24, 2.45) is 0 Å². The van der Waals surface area contributed by atoms with Gasteiger partial charge in [0.2, 0.25) is 0 Å². The minimum atomic E-state index is -0.554. The van der Waals surface area contributed by atoms with Crippen LogP contribution in [-0.4, -0.2) is 36.1 Å². The molecule has 0 aliphatic rings. The van der Waals surface area contributed by atoms with Gasteiger partial charge in [0.1, 0.15) is 11.5 Å². The Bertz CT molecular complexity index is 1630. The highest BCUT2D eigenvalue weighted by molar-refractivity contribution is 6.00. The molecule has 8 heteroatoms. The summed E-state index contributed by atoms with van der Waals surface area (Å²) in [5.41, 5.74) is 1.45. The highest BCUT2D eigenvalue weighted by Crippen LogP contribution is 2.23. The maximum absolute atomic E-state index is 12.9. The molecule has 0 heterocycles. The van der Waals surface area contributed by atoms with Crippen molar-refractivity contribution in [3.8, 4) is 11.5 Å². The van der Waals surface area contributed by atoms with E-state index in [1.54, 1.807) is 84.9 Å². The highest BCUT2D eigenvalue weighted by Gasteiger charge is 2.16. The number of hydrogen-bond donors (Lipinski definition) is 0. The van der Waals surface area contributed by atoms with Gasteiger partial charge in [0, 0.05) is 0 Å². The quantitative estimate of drug-likeness (QED) is 0.0507. The molecule has 0 aliphatic heterocycles. The number of esters is 4. The Balaban J connectivity index is 1.26. The second-order valence-corrected chi connectivity index (χ2v) is 13.4. The van der Waals surface area contributed by atoms with E-state index < -0.39 is 23.9 Å². The topological polar surface area (TPSA) is 105 Å². The molecule has 4 aromatic carbocycles. The van der Waals surface area contributed by atoms with Crippen LogP contribution in [0.1, 0.15) is 146 Å². The van der Waals surface area contributed by atoms with Crippen molar-refractivity contribution < 1.29 is 38.1 Å². The predicted molar refractivity (Wildman–Crippen MR) is 203 cm³/mol. The molecule has 0 amide bonds. The Morgan fingerprint density at radius 1 is 0.442 bits per heavy atom. The number of rotatable bonds is 20. The molecule has 52 heavy (non-hydrogen) atoms. The summed E-state index contributed by atoms with van der Waals surface area (Å²) >= 11 is 0. The van der Waals surface area contributed by atoms with Gasteiger partial charge in [0.15, 0.2) is 0 Å². The number of unbranched alkanes of at least 4 members (excludes halogenated alkanes) is 8. The fourth-order valence-corrected chi connectivity index (χ4v) is 5.84. The van der Waals surface area contributed by atoms with Gasteiger partial charge in [0.05, 0.1) is 34.5 Å². The minimum absolute atomic E-state index is 0.166. The van der Waals surface area contributed by atoms with Crippen LogP contribution in [0, 0.1) is 0 Å². The largest absolute Gasteiger partial charge is 0.459 e. The normalized spacial score (nSPS) is 12.2. The summed E-state index contributed by atoms with van der Waals surface area (Å²) in [5.74, 6) is -1.31. The number of carbonyl (C=O) groups is 4.